The molecule has 1 unspecified atom stereocenters. The maximum atomic E-state index is 12.7. The number of fused-ring (bicyclic) bond motifs is 1. The smallest absolute Gasteiger partial charge is 0.262 e. The van der Waals surface area contributed by atoms with Gasteiger partial charge >= 0.3 is 0 Å². The second-order valence-electron chi connectivity index (χ2n) is 5.96. The van der Waals surface area contributed by atoms with Gasteiger partial charge in [0.1, 0.15) is 10.9 Å². The Kier molecular flexibility index (Phi) is 4.99. The summed E-state index contributed by atoms with van der Waals surface area (Å²) in [6, 6.07) is 8.95. The molecule has 1 N–H and O–H groups in total. The normalized spacial score (nSPS) is 12.3. The first-order chi connectivity index (χ1) is 12.0. The van der Waals surface area contributed by atoms with Crippen LogP contribution in [-0.4, -0.2) is 15.5 Å². The van der Waals surface area contributed by atoms with Crippen LogP contribution in [0.4, 0.5) is 5.69 Å². The third-order valence-electron chi connectivity index (χ3n) is 4.30. The van der Waals surface area contributed by atoms with E-state index in [0.29, 0.717) is 5.39 Å². The maximum absolute atomic E-state index is 12.7. The SMILES string of the molecule is CCc1ccc(NC(=O)C(C)n2cnc3sc(CC)cc3c2=O)cc1. The Morgan fingerprint density at radius 1 is 1.24 bits per heavy atom. The van der Waals surface area contributed by atoms with E-state index in [9.17, 15) is 9.59 Å². The van der Waals surface area contributed by atoms with Gasteiger partial charge in [0.25, 0.3) is 5.56 Å². The van der Waals surface area contributed by atoms with Crippen LogP contribution in [0.5, 0.6) is 0 Å². The van der Waals surface area contributed by atoms with Gasteiger partial charge < -0.3 is 5.32 Å². The van der Waals surface area contributed by atoms with Gasteiger partial charge in [-0.3, -0.25) is 14.2 Å². The zero-order chi connectivity index (χ0) is 18.0. The van der Waals surface area contributed by atoms with Gasteiger partial charge in [0, 0.05) is 10.6 Å². The van der Waals surface area contributed by atoms with Crippen LogP contribution in [0.1, 0.15) is 37.3 Å². The third-order valence-corrected chi connectivity index (χ3v) is 5.49. The molecular formula is C19H21N3O2S. The molecule has 1 aromatic carbocycles. The number of benzene rings is 1. The molecule has 0 aliphatic rings. The minimum absolute atomic E-state index is 0.176. The van der Waals surface area contributed by atoms with E-state index in [1.165, 1.54) is 27.8 Å². The minimum atomic E-state index is -0.639. The highest BCUT2D eigenvalue weighted by Crippen LogP contribution is 2.22. The molecule has 6 heteroatoms. The summed E-state index contributed by atoms with van der Waals surface area (Å²) in [4.78, 5) is 31.4. The zero-order valence-corrected chi connectivity index (χ0v) is 15.4. The Labute approximate surface area is 150 Å². The lowest BCUT2D eigenvalue weighted by Crippen LogP contribution is -2.31. The van der Waals surface area contributed by atoms with Crippen molar-refractivity contribution in [1.29, 1.82) is 0 Å². The highest BCUT2D eigenvalue weighted by Gasteiger charge is 2.18. The summed E-state index contributed by atoms with van der Waals surface area (Å²) >= 11 is 1.52. The Hall–Kier alpha value is -2.47. The molecule has 130 valence electrons. The van der Waals surface area contributed by atoms with Crippen LogP contribution in [0.25, 0.3) is 10.2 Å². The number of thiophene rings is 1. The van der Waals surface area contributed by atoms with Crippen molar-refractivity contribution in [3.8, 4) is 0 Å². The molecule has 2 heterocycles. The molecule has 0 aliphatic heterocycles. The summed E-state index contributed by atoms with van der Waals surface area (Å²) in [6.45, 7) is 5.83. The van der Waals surface area contributed by atoms with Crippen molar-refractivity contribution in [2.75, 3.05) is 5.32 Å². The van der Waals surface area contributed by atoms with Crippen LogP contribution in [0.2, 0.25) is 0 Å². The molecule has 2 aromatic heterocycles. The van der Waals surface area contributed by atoms with Crippen molar-refractivity contribution in [2.24, 2.45) is 0 Å². The number of amides is 1. The molecule has 1 amide bonds. The molecule has 0 spiro atoms. The van der Waals surface area contributed by atoms with E-state index in [1.54, 1.807) is 6.92 Å². The number of carbonyl (C=O) groups excluding carboxylic acids is 1. The number of carbonyl (C=O) groups is 1. The predicted octanol–water partition coefficient (Wildman–Crippen LogP) is 3.78. The van der Waals surface area contributed by atoms with Crippen molar-refractivity contribution >= 4 is 33.1 Å². The number of aromatic nitrogens is 2. The van der Waals surface area contributed by atoms with Crippen LogP contribution >= 0.6 is 11.3 Å². The number of hydrogen-bond acceptors (Lipinski definition) is 4. The van der Waals surface area contributed by atoms with Gasteiger partial charge in [0.05, 0.1) is 11.7 Å². The van der Waals surface area contributed by atoms with Crippen molar-refractivity contribution < 1.29 is 4.79 Å². The maximum Gasteiger partial charge on any atom is 0.262 e. The van der Waals surface area contributed by atoms with Crippen LogP contribution in [0.15, 0.2) is 41.5 Å². The summed E-state index contributed by atoms with van der Waals surface area (Å²) in [5.41, 5.74) is 1.76. The van der Waals surface area contributed by atoms with Gasteiger partial charge in [-0.15, -0.1) is 11.3 Å². The van der Waals surface area contributed by atoms with Crippen molar-refractivity contribution in [1.82, 2.24) is 9.55 Å². The van der Waals surface area contributed by atoms with E-state index in [0.717, 1.165) is 28.2 Å². The number of aryl methyl sites for hydroxylation is 2. The molecule has 0 bridgehead atoms. The number of rotatable bonds is 5. The van der Waals surface area contributed by atoms with Crippen LogP contribution < -0.4 is 10.9 Å². The van der Waals surface area contributed by atoms with Gasteiger partial charge in [-0.2, -0.15) is 0 Å². The Morgan fingerprint density at radius 2 is 1.96 bits per heavy atom. The van der Waals surface area contributed by atoms with E-state index >= 15 is 0 Å². The Morgan fingerprint density at radius 3 is 2.60 bits per heavy atom. The van der Waals surface area contributed by atoms with Gasteiger partial charge in [-0.05, 0) is 43.5 Å². The number of nitrogens with zero attached hydrogens (tertiary/aromatic N) is 2. The van der Waals surface area contributed by atoms with Gasteiger partial charge in [-0.25, -0.2) is 4.98 Å². The molecular weight excluding hydrogens is 334 g/mol. The molecule has 0 radical (unpaired) electrons. The first kappa shape index (κ1) is 17.4. The first-order valence-corrected chi connectivity index (χ1v) is 9.24. The molecule has 0 aliphatic carbocycles. The lowest BCUT2D eigenvalue weighted by Gasteiger charge is -2.15. The summed E-state index contributed by atoms with van der Waals surface area (Å²) < 4.78 is 1.39. The van der Waals surface area contributed by atoms with Crippen LogP contribution in [0.3, 0.4) is 0 Å². The summed E-state index contributed by atoms with van der Waals surface area (Å²) in [6.07, 6.45) is 3.28. The van der Waals surface area contributed by atoms with E-state index in [1.807, 2.05) is 37.3 Å². The fraction of sp³-hybridized carbons (Fsp3) is 0.316. The highest BCUT2D eigenvalue weighted by atomic mass is 32.1. The summed E-state index contributed by atoms with van der Waals surface area (Å²) in [5.74, 6) is -0.238. The van der Waals surface area contributed by atoms with Gasteiger partial charge in [-0.1, -0.05) is 26.0 Å². The first-order valence-electron chi connectivity index (χ1n) is 8.42. The standard InChI is InChI=1S/C19H21N3O2S/c1-4-13-6-8-14(9-7-13)21-17(23)12(3)22-11-20-18-16(19(22)24)10-15(5-2)25-18/h6-12H,4-5H2,1-3H3,(H,21,23). The monoisotopic (exact) mass is 355 g/mol. The molecule has 0 saturated heterocycles. The van der Waals surface area contributed by atoms with Crippen LogP contribution in [-0.2, 0) is 17.6 Å². The Bertz CT molecular complexity index is 957. The van der Waals surface area contributed by atoms with E-state index in [-0.39, 0.29) is 11.5 Å². The number of hydrogen-bond donors (Lipinski definition) is 1. The number of anilines is 1. The molecule has 5 nitrogen and oxygen atoms in total. The predicted molar refractivity (Wildman–Crippen MR) is 102 cm³/mol. The molecule has 25 heavy (non-hydrogen) atoms. The van der Waals surface area contributed by atoms with Crippen LogP contribution in [0, 0.1) is 0 Å². The van der Waals surface area contributed by atoms with E-state index in [4.69, 9.17) is 0 Å². The zero-order valence-electron chi connectivity index (χ0n) is 14.6. The number of nitrogens with one attached hydrogen (secondary N) is 1. The fourth-order valence-electron chi connectivity index (χ4n) is 2.63. The lowest BCUT2D eigenvalue weighted by molar-refractivity contribution is -0.118. The molecule has 0 saturated carbocycles. The largest absolute Gasteiger partial charge is 0.324 e. The average Bonchev–Trinajstić information content (AvgIpc) is 3.06. The molecule has 0 fully saturated rings. The van der Waals surface area contributed by atoms with Gasteiger partial charge in [0.2, 0.25) is 5.91 Å². The van der Waals surface area contributed by atoms with Crippen molar-refractivity contribution in [2.45, 2.75) is 39.7 Å². The van der Waals surface area contributed by atoms with Crippen molar-refractivity contribution in [3.05, 3.63) is 57.5 Å². The molecule has 3 aromatic rings. The molecule has 3 rings (SSSR count). The van der Waals surface area contributed by atoms with Gasteiger partial charge in [0.15, 0.2) is 0 Å². The van der Waals surface area contributed by atoms with E-state index < -0.39 is 6.04 Å². The van der Waals surface area contributed by atoms with Crippen molar-refractivity contribution in [3.63, 3.8) is 0 Å². The molecule has 1 atom stereocenters. The quantitative estimate of drug-likeness (QED) is 0.757. The third kappa shape index (κ3) is 3.49. The lowest BCUT2D eigenvalue weighted by atomic mass is 10.1. The minimum Gasteiger partial charge on any atom is -0.324 e. The summed E-state index contributed by atoms with van der Waals surface area (Å²) in [7, 11) is 0. The second kappa shape index (κ2) is 7.19. The average molecular weight is 355 g/mol. The fourth-order valence-corrected chi connectivity index (χ4v) is 3.56. The highest BCUT2D eigenvalue weighted by molar-refractivity contribution is 7.18. The second-order valence-corrected chi connectivity index (χ2v) is 7.07. The summed E-state index contributed by atoms with van der Waals surface area (Å²) in [5, 5.41) is 3.44. The Balaban J connectivity index is 1.84. The topological polar surface area (TPSA) is 64.0 Å². The van der Waals surface area contributed by atoms with E-state index in [2.05, 4.69) is 17.2 Å².